The third-order valence-electron chi connectivity index (χ3n) is 4.30. The van der Waals surface area contributed by atoms with E-state index in [0.717, 1.165) is 11.0 Å². The zero-order valence-electron chi connectivity index (χ0n) is 11.7. The molecule has 0 amide bonds. The van der Waals surface area contributed by atoms with Gasteiger partial charge in [-0.1, -0.05) is 42.8 Å². The second kappa shape index (κ2) is 4.13. The van der Waals surface area contributed by atoms with E-state index in [2.05, 4.69) is 60.6 Å². The molecule has 5 rings (SSSR count). The van der Waals surface area contributed by atoms with Gasteiger partial charge in [-0.3, -0.25) is 4.57 Å². The minimum atomic E-state index is 1.10. The molecule has 2 heteroatoms. The molecule has 0 saturated carbocycles. The van der Waals surface area contributed by atoms with Crippen molar-refractivity contribution >= 4 is 53.3 Å². The Bertz CT molecular complexity index is 1230. The number of aromatic nitrogens is 1. The Kier molecular flexibility index (Phi) is 2.22. The van der Waals surface area contributed by atoms with E-state index in [-0.39, 0.29) is 0 Å². The lowest BCUT2D eigenvalue weighted by molar-refractivity contribution is 1.27. The van der Waals surface area contributed by atoms with Crippen LogP contribution in [0, 0.1) is 12.5 Å². The first kappa shape index (κ1) is 11.9. The normalized spacial score (nSPS) is 11.6. The quantitative estimate of drug-likeness (QED) is 0.328. The van der Waals surface area contributed by atoms with Gasteiger partial charge in [0.25, 0.3) is 0 Å². The van der Waals surface area contributed by atoms with Gasteiger partial charge >= 0.3 is 0 Å². The molecule has 0 N–H and O–H groups in total. The van der Waals surface area contributed by atoms with Crippen molar-refractivity contribution in [2.24, 2.45) is 0 Å². The number of thiophene rings is 1. The maximum absolute atomic E-state index is 5.77. The summed E-state index contributed by atoms with van der Waals surface area (Å²) in [7, 11) is 0. The number of para-hydroxylation sites is 1. The van der Waals surface area contributed by atoms with Crippen LogP contribution >= 0.6 is 11.3 Å². The molecule has 22 heavy (non-hydrogen) atoms. The second-order valence-corrected chi connectivity index (χ2v) is 6.53. The number of benzene rings is 3. The fraction of sp³-hybridized carbons (Fsp3) is 0. The highest BCUT2D eigenvalue weighted by atomic mass is 32.1. The fourth-order valence-electron chi connectivity index (χ4n) is 3.33. The lowest BCUT2D eigenvalue weighted by Gasteiger charge is -1.97. The Morgan fingerprint density at radius 3 is 2.36 bits per heavy atom. The summed E-state index contributed by atoms with van der Waals surface area (Å²) in [6.07, 6.45) is 5.77. The maximum Gasteiger partial charge on any atom is 0.0632 e. The van der Waals surface area contributed by atoms with Gasteiger partial charge in [-0.05, 0) is 24.3 Å². The molecule has 2 aromatic heterocycles. The summed E-state index contributed by atoms with van der Waals surface area (Å²) < 4.78 is 4.59. The molecule has 0 atom stereocenters. The summed E-state index contributed by atoms with van der Waals surface area (Å²) >= 11 is 1.84. The average Bonchev–Trinajstić information content (AvgIpc) is 3.07. The van der Waals surface area contributed by atoms with Crippen LogP contribution in [-0.2, 0) is 0 Å². The molecule has 0 fully saturated rings. The molecule has 3 aromatic carbocycles. The monoisotopic (exact) mass is 297 g/mol. The molecule has 2 heterocycles. The summed E-state index contributed by atoms with van der Waals surface area (Å²) in [5.41, 5.74) is 2.21. The predicted octanol–water partition coefficient (Wildman–Crippen LogP) is 5.60. The van der Waals surface area contributed by atoms with Gasteiger partial charge in [0, 0.05) is 37.0 Å². The van der Waals surface area contributed by atoms with E-state index in [0.29, 0.717) is 0 Å². The van der Waals surface area contributed by atoms with Gasteiger partial charge in [0.1, 0.15) is 0 Å². The molecule has 1 nitrogen and oxygen atoms in total. The van der Waals surface area contributed by atoms with Gasteiger partial charge in [-0.25, -0.2) is 0 Å². The van der Waals surface area contributed by atoms with Gasteiger partial charge in [-0.2, -0.15) is 0 Å². The standard InChI is InChI=1S/C20H11NS/c1-2-21-17-9-5-3-7-13(17)15-12-20-16(11-18(15)21)14-8-4-6-10-19(14)22-20/h1,3-12H. The molecule has 0 unspecified atom stereocenters. The first-order valence-corrected chi connectivity index (χ1v) is 7.99. The molecular formula is C20H11NS. The van der Waals surface area contributed by atoms with Crippen LogP contribution < -0.4 is 0 Å². The number of fused-ring (bicyclic) bond motifs is 6. The fourth-order valence-corrected chi connectivity index (χ4v) is 4.45. The minimum absolute atomic E-state index is 1.10. The summed E-state index contributed by atoms with van der Waals surface area (Å²) in [5.74, 6) is 0. The summed E-state index contributed by atoms with van der Waals surface area (Å²) in [5, 5.41) is 5.04. The molecule has 0 spiro atoms. The SMILES string of the molecule is C#Cn1c2ccccc2c2cc3sc4ccccc4c3cc21. The molecule has 5 aromatic rings. The van der Waals surface area contributed by atoms with Crippen molar-refractivity contribution in [2.75, 3.05) is 0 Å². The summed E-state index contributed by atoms with van der Waals surface area (Å²) in [6.45, 7) is 0. The van der Waals surface area contributed by atoms with Crippen molar-refractivity contribution in [1.82, 2.24) is 4.57 Å². The zero-order valence-corrected chi connectivity index (χ0v) is 12.5. The Balaban J connectivity index is 2.09. The lowest BCUT2D eigenvalue weighted by atomic mass is 10.1. The third kappa shape index (κ3) is 1.39. The number of nitrogens with zero attached hydrogens (tertiary/aromatic N) is 1. The Morgan fingerprint density at radius 1 is 0.727 bits per heavy atom. The van der Waals surface area contributed by atoms with Crippen molar-refractivity contribution < 1.29 is 0 Å². The predicted molar refractivity (Wildman–Crippen MR) is 96.6 cm³/mol. The van der Waals surface area contributed by atoms with Crippen molar-refractivity contribution in [3.05, 3.63) is 60.7 Å². The first-order chi connectivity index (χ1) is 10.9. The Labute approximate surface area is 131 Å². The Morgan fingerprint density at radius 2 is 1.50 bits per heavy atom. The number of terminal acetylenes is 1. The smallest absolute Gasteiger partial charge is 0.0632 e. The van der Waals surface area contributed by atoms with Gasteiger partial charge in [0.15, 0.2) is 0 Å². The van der Waals surface area contributed by atoms with Gasteiger partial charge in [0.2, 0.25) is 0 Å². The second-order valence-electron chi connectivity index (χ2n) is 5.45. The van der Waals surface area contributed by atoms with Crippen LogP contribution in [-0.4, -0.2) is 4.57 Å². The lowest BCUT2D eigenvalue weighted by Crippen LogP contribution is -1.85. The van der Waals surface area contributed by atoms with Crippen LogP contribution in [0.25, 0.3) is 42.0 Å². The van der Waals surface area contributed by atoms with Crippen LogP contribution in [0.3, 0.4) is 0 Å². The number of rotatable bonds is 0. The molecule has 0 aliphatic rings. The van der Waals surface area contributed by atoms with Gasteiger partial charge < -0.3 is 0 Å². The van der Waals surface area contributed by atoms with E-state index >= 15 is 0 Å². The van der Waals surface area contributed by atoms with E-state index in [1.807, 2.05) is 22.0 Å². The van der Waals surface area contributed by atoms with E-state index in [4.69, 9.17) is 6.42 Å². The largest absolute Gasteiger partial charge is 0.269 e. The third-order valence-corrected chi connectivity index (χ3v) is 5.43. The highest BCUT2D eigenvalue weighted by Crippen LogP contribution is 2.39. The Hall–Kier alpha value is -2.76. The van der Waals surface area contributed by atoms with Crippen LogP contribution in [0.5, 0.6) is 0 Å². The van der Waals surface area contributed by atoms with E-state index in [9.17, 15) is 0 Å². The summed E-state index contributed by atoms with van der Waals surface area (Å²) in [6, 6.07) is 24.2. The van der Waals surface area contributed by atoms with Gasteiger partial charge in [-0.15, -0.1) is 11.3 Å². The molecule has 0 saturated heterocycles. The molecular weight excluding hydrogens is 286 g/mol. The minimum Gasteiger partial charge on any atom is -0.269 e. The zero-order chi connectivity index (χ0) is 14.7. The van der Waals surface area contributed by atoms with Crippen molar-refractivity contribution in [2.45, 2.75) is 0 Å². The van der Waals surface area contributed by atoms with Gasteiger partial charge in [0.05, 0.1) is 11.0 Å². The number of hydrogen-bond donors (Lipinski definition) is 0. The van der Waals surface area contributed by atoms with Crippen LogP contribution in [0.2, 0.25) is 0 Å². The van der Waals surface area contributed by atoms with E-state index < -0.39 is 0 Å². The topological polar surface area (TPSA) is 4.93 Å². The molecule has 0 bridgehead atoms. The van der Waals surface area contributed by atoms with E-state index in [1.165, 1.54) is 30.9 Å². The molecule has 0 aliphatic heterocycles. The van der Waals surface area contributed by atoms with Crippen molar-refractivity contribution in [3.63, 3.8) is 0 Å². The van der Waals surface area contributed by atoms with Crippen LogP contribution in [0.1, 0.15) is 0 Å². The highest BCUT2D eigenvalue weighted by molar-refractivity contribution is 7.25. The first-order valence-electron chi connectivity index (χ1n) is 7.18. The number of hydrogen-bond acceptors (Lipinski definition) is 1. The van der Waals surface area contributed by atoms with Crippen molar-refractivity contribution in [1.29, 1.82) is 0 Å². The van der Waals surface area contributed by atoms with Crippen LogP contribution in [0.15, 0.2) is 60.7 Å². The molecule has 102 valence electrons. The van der Waals surface area contributed by atoms with E-state index in [1.54, 1.807) is 0 Å². The highest BCUT2D eigenvalue weighted by Gasteiger charge is 2.12. The molecule has 0 radical (unpaired) electrons. The van der Waals surface area contributed by atoms with Crippen LogP contribution in [0.4, 0.5) is 0 Å². The maximum atomic E-state index is 5.77. The average molecular weight is 297 g/mol. The van der Waals surface area contributed by atoms with Crippen molar-refractivity contribution in [3.8, 4) is 12.5 Å². The summed E-state index contributed by atoms with van der Waals surface area (Å²) in [4.78, 5) is 0. The molecule has 0 aliphatic carbocycles.